The molecule has 29 heavy (non-hydrogen) atoms. The lowest BCUT2D eigenvalue weighted by molar-refractivity contribution is -0.115. The average Bonchev–Trinajstić information content (AvgIpc) is 3.30. The Morgan fingerprint density at radius 1 is 1.00 bits per heavy atom. The van der Waals surface area contributed by atoms with Crippen molar-refractivity contribution >= 4 is 44.1 Å². The third kappa shape index (κ3) is 3.50. The SMILES string of the molecule is Cc1cc(NC(=O)Cc2ccc3ccccc3c2)n(-c2nc3ccccc3s2)n1. The number of amides is 1. The number of rotatable bonds is 4. The van der Waals surface area contributed by atoms with E-state index in [-0.39, 0.29) is 5.91 Å². The van der Waals surface area contributed by atoms with Crippen molar-refractivity contribution in [1.82, 2.24) is 14.8 Å². The Kier molecular flexibility index (Phi) is 4.33. The molecule has 1 amide bonds. The summed E-state index contributed by atoms with van der Waals surface area (Å²) in [5.74, 6) is 0.551. The van der Waals surface area contributed by atoms with E-state index in [1.165, 1.54) is 5.39 Å². The van der Waals surface area contributed by atoms with Crippen molar-refractivity contribution in [3.05, 3.63) is 84.1 Å². The predicted octanol–water partition coefficient (Wildman–Crippen LogP) is 5.12. The highest BCUT2D eigenvalue weighted by molar-refractivity contribution is 7.20. The van der Waals surface area contributed by atoms with Crippen molar-refractivity contribution in [3.63, 3.8) is 0 Å². The van der Waals surface area contributed by atoms with Crippen LogP contribution in [0.5, 0.6) is 0 Å². The zero-order valence-electron chi connectivity index (χ0n) is 15.8. The molecule has 0 aliphatic heterocycles. The van der Waals surface area contributed by atoms with E-state index in [1.807, 2.05) is 61.5 Å². The fourth-order valence-corrected chi connectivity index (χ4v) is 4.34. The lowest BCUT2D eigenvalue weighted by Crippen LogP contribution is -2.17. The van der Waals surface area contributed by atoms with Gasteiger partial charge >= 0.3 is 0 Å². The molecule has 3 aromatic carbocycles. The maximum absolute atomic E-state index is 12.7. The Balaban J connectivity index is 1.40. The smallest absolute Gasteiger partial charge is 0.229 e. The predicted molar refractivity (Wildman–Crippen MR) is 118 cm³/mol. The van der Waals surface area contributed by atoms with Crippen molar-refractivity contribution in [2.45, 2.75) is 13.3 Å². The Bertz CT molecular complexity index is 1320. The molecule has 0 bridgehead atoms. The Hall–Kier alpha value is -3.51. The number of fused-ring (bicyclic) bond motifs is 2. The van der Waals surface area contributed by atoms with Crippen molar-refractivity contribution in [2.75, 3.05) is 5.32 Å². The van der Waals surface area contributed by atoms with E-state index in [1.54, 1.807) is 16.0 Å². The number of aromatic nitrogens is 3. The summed E-state index contributed by atoms with van der Waals surface area (Å²) in [4.78, 5) is 17.4. The number of carbonyl (C=O) groups is 1. The van der Waals surface area contributed by atoms with Gasteiger partial charge < -0.3 is 5.32 Å². The van der Waals surface area contributed by atoms with Crippen LogP contribution in [0.15, 0.2) is 72.8 Å². The van der Waals surface area contributed by atoms with Gasteiger partial charge in [0.25, 0.3) is 0 Å². The van der Waals surface area contributed by atoms with E-state index in [4.69, 9.17) is 0 Å². The minimum Gasteiger partial charge on any atom is -0.310 e. The Morgan fingerprint density at radius 2 is 1.79 bits per heavy atom. The van der Waals surface area contributed by atoms with E-state index in [9.17, 15) is 4.79 Å². The van der Waals surface area contributed by atoms with Crippen LogP contribution in [0.2, 0.25) is 0 Å². The molecule has 0 aliphatic carbocycles. The zero-order valence-corrected chi connectivity index (χ0v) is 16.6. The summed E-state index contributed by atoms with van der Waals surface area (Å²) < 4.78 is 2.79. The number of aryl methyl sites for hydroxylation is 1. The molecule has 5 rings (SSSR count). The topological polar surface area (TPSA) is 59.8 Å². The lowest BCUT2D eigenvalue weighted by Gasteiger charge is -2.07. The van der Waals surface area contributed by atoms with Crippen LogP contribution in [0.25, 0.3) is 26.1 Å². The molecule has 0 radical (unpaired) electrons. The molecule has 142 valence electrons. The Morgan fingerprint density at radius 3 is 2.66 bits per heavy atom. The molecular formula is C23H18N4OS. The van der Waals surface area contributed by atoms with Crippen LogP contribution in [-0.2, 0) is 11.2 Å². The maximum atomic E-state index is 12.7. The van der Waals surface area contributed by atoms with Crippen LogP contribution in [-0.4, -0.2) is 20.7 Å². The van der Waals surface area contributed by atoms with E-state index in [0.717, 1.165) is 32.0 Å². The molecule has 0 fully saturated rings. The maximum Gasteiger partial charge on any atom is 0.229 e. The van der Waals surface area contributed by atoms with Crippen molar-refractivity contribution in [3.8, 4) is 5.13 Å². The fourth-order valence-electron chi connectivity index (χ4n) is 3.41. The standard InChI is InChI=1S/C23H18N4OS/c1-15-12-21(27(26-15)23-24-19-8-4-5-9-20(19)29-23)25-22(28)14-16-10-11-17-6-2-3-7-18(17)13-16/h2-13H,14H2,1H3,(H,25,28). The monoisotopic (exact) mass is 398 g/mol. The largest absolute Gasteiger partial charge is 0.310 e. The van der Waals surface area contributed by atoms with Gasteiger partial charge in [-0.05, 0) is 35.4 Å². The summed E-state index contributed by atoms with van der Waals surface area (Å²) in [6.45, 7) is 1.91. The van der Waals surface area contributed by atoms with Crippen molar-refractivity contribution < 1.29 is 4.79 Å². The minimum absolute atomic E-state index is 0.0810. The third-order valence-electron chi connectivity index (χ3n) is 4.74. The van der Waals surface area contributed by atoms with Gasteiger partial charge in [0, 0.05) is 6.07 Å². The first-order chi connectivity index (χ1) is 14.2. The first-order valence-corrected chi connectivity index (χ1v) is 10.2. The summed E-state index contributed by atoms with van der Waals surface area (Å²) in [6, 6.07) is 24.1. The van der Waals surface area contributed by atoms with Crippen molar-refractivity contribution in [1.29, 1.82) is 0 Å². The van der Waals surface area contributed by atoms with Crippen LogP contribution >= 0.6 is 11.3 Å². The summed E-state index contributed by atoms with van der Waals surface area (Å²) in [5, 5.41) is 10.6. The quantitative estimate of drug-likeness (QED) is 0.457. The zero-order chi connectivity index (χ0) is 19.8. The summed E-state index contributed by atoms with van der Waals surface area (Å²) in [6.07, 6.45) is 0.301. The van der Waals surface area contributed by atoms with Gasteiger partial charge in [-0.3, -0.25) is 4.79 Å². The number of anilines is 1. The number of hydrogen-bond donors (Lipinski definition) is 1. The van der Waals surface area contributed by atoms with Gasteiger partial charge in [-0.1, -0.05) is 65.9 Å². The number of thiazole rings is 1. The number of nitrogens with zero attached hydrogens (tertiary/aromatic N) is 3. The molecule has 2 heterocycles. The molecule has 5 aromatic rings. The number of nitrogens with one attached hydrogen (secondary N) is 1. The van der Waals surface area contributed by atoms with Gasteiger partial charge in [0.15, 0.2) is 0 Å². The highest BCUT2D eigenvalue weighted by Gasteiger charge is 2.15. The van der Waals surface area contributed by atoms with Gasteiger partial charge in [0.2, 0.25) is 11.0 Å². The van der Waals surface area contributed by atoms with Crippen LogP contribution in [0.1, 0.15) is 11.3 Å². The van der Waals surface area contributed by atoms with E-state index >= 15 is 0 Å². The molecular weight excluding hydrogens is 380 g/mol. The molecule has 0 saturated carbocycles. The van der Waals surface area contributed by atoms with Gasteiger partial charge in [-0.25, -0.2) is 4.98 Å². The molecule has 0 unspecified atom stereocenters. The molecule has 0 aliphatic rings. The van der Waals surface area contributed by atoms with E-state index < -0.39 is 0 Å². The summed E-state index contributed by atoms with van der Waals surface area (Å²) in [5.41, 5.74) is 2.73. The first kappa shape index (κ1) is 17.6. The van der Waals surface area contributed by atoms with E-state index in [2.05, 4.69) is 33.6 Å². The number of hydrogen-bond acceptors (Lipinski definition) is 4. The molecule has 0 spiro atoms. The Labute approximate surface area is 171 Å². The van der Waals surface area contributed by atoms with Gasteiger partial charge in [-0.2, -0.15) is 9.78 Å². The molecule has 0 atom stereocenters. The summed E-state index contributed by atoms with van der Waals surface area (Å²) in [7, 11) is 0. The van der Waals surface area contributed by atoms with Crippen LogP contribution in [0.3, 0.4) is 0 Å². The van der Waals surface area contributed by atoms with Crippen LogP contribution < -0.4 is 5.32 Å². The average molecular weight is 398 g/mol. The van der Waals surface area contributed by atoms with Gasteiger partial charge in [0.05, 0.1) is 22.3 Å². The number of para-hydroxylation sites is 1. The van der Waals surface area contributed by atoms with Crippen LogP contribution in [0.4, 0.5) is 5.82 Å². The number of benzene rings is 3. The molecule has 1 N–H and O–H groups in total. The molecule has 0 saturated heterocycles. The number of carbonyl (C=O) groups excluding carboxylic acids is 1. The van der Waals surface area contributed by atoms with Crippen LogP contribution in [0, 0.1) is 6.92 Å². The fraction of sp³-hybridized carbons (Fsp3) is 0.0870. The molecule has 6 heteroatoms. The molecule has 5 nitrogen and oxygen atoms in total. The second-order valence-electron chi connectivity index (χ2n) is 6.95. The molecule has 2 aromatic heterocycles. The highest BCUT2D eigenvalue weighted by atomic mass is 32.1. The van der Waals surface area contributed by atoms with Gasteiger partial charge in [0.1, 0.15) is 5.82 Å². The van der Waals surface area contributed by atoms with E-state index in [0.29, 0.717) is 12.2 Å². The first-order valence-electron chi connectivity index (χ1n) is 9.36. The second-order valence-corrected chi connectivity index (χ2v) is 7.96. The normalized spacial score (nSPS) is 11.2. The second kappa shape index (κ2) is 7.14. The van der Waals surface area contributed by atoms with Gasteiger partial charge in [-0.15, -0.1) is 0 Å². The van der Waals surface area contributed by atoms with Crippen molar-refractivity contribution in [2.24, 2.45) is 0 Å². The summed E-state index contributed by atoms with van der Waals surface area (Å²) >= 11 is 1.55. The minimum atomic E-state index is -0.0810. The highest BCUT2D eigenvalue weighted by Crippen LogP contribution is 2.27. The third-order valence-corrected chi connectivity index (χ3v) is 5.75. The lowest BCUT2D eigenvalue weighted by atomic mass is 10.1.